The van der Waals surface area contributed by atoms with Crippen molar-refractivity contribution in [2.24, 2.45) is 0 Å². The summed E-state index contributed by atoms with van der Waals surface area (Å²) < 4.78 is 41.4. The molecule has 2 N–H and O–H groups in total. The summed E-state index contributed by atoms with van der Waals surface area (Å²) >= 11 is 0. The van der Waals surface area contributed by atoms with Gasteiger partial charge < -0.3 is 10.3 Å². The number of H-pyrrole nitrogens is 1. The van der Waals surface area contributed by atoms with Crippen LogP contribution in [0.3, 0.4) is 0 Å². The first-order valence-electron chi connectivity index (χ1n) is 10.5. The summed E-state index contributed by atoms with van der Waals surface area (Å²) in [5.41, 5.74) is 0.851. The molecule has 1 amide bonds. The molecule has 9 heteroatoms. The lowest BCUT2D eigenvalue weighted by Gasteiger charge is -2.20. The van der Waals surface area contributed by atoms with Gasteiger partial charge in [-0.2, -0.15) is 13.2 Å². The van der Waals surface area contributed by atoms with Gasteiger partial charge in [0.05, 0.1) is 11.0 Å². The molecule has 0 aliphatic heterocycles. The summed E-state index contributed by atoms with van der Waals surface area (Å²) in [6.07, 6.45) is -2.54. The number of alkyl halides is 3. The zero-order chi connectivity index (χ0) is 23.9. The van der Waals surface area contributed by atoms with E-state index in [4.69, 9.17) is 0 Å². The van der Waals surface area contributed by atoms with E-state index in [1.807, 2.05) is 30.5 Å². The third kappa shape index (κ3) is 4.22. The number of carbonyl (C=O) groups is 1. The molecule has 1 atom stereocenters. The van der Waals surface area contributed by atoms with E-state index in [0.717, 1.165) is 32.2 Å². The largest absolute Gasteiger partial charge is 0.438 e. The van der Waals surface area contributed by atoms with E-state index >= 15 is 0 Å². The number of hydrogen-bond donors (Lipinski definition) is 2. The Kier molecular flexibility index (Phi) is 5.73. The Balaban J connectivity index is 1.64. The lowest BCUT2D eigenvalue weighted by Crippen LogP contribution is -2.39. The van der Waals surface area contributed by atoms with Crippen molar-refractivity contribution in [1.29, 1.82) is 0 Å². The van der Waals surface area contributed by atoms with Crippen LogP contribution in [0, 0.1) is 13.8 Å². The van der Waals surface area contributed by atoms with E-state index in [1.165, 1.54) is 13.0 Å². The van der Waals surface area contributed by atoms with Crippen LogP contribution in [0.1, 0.15) is 35.3 Å². The molecule has 2 heterocycles. The van der Waals surface area contributed by atoms with Crippen LogP contribution in [0.15, 0.2) is 47.4 Å². The number of aromatic nitrogens is 3. The van der Waals surface area contributed by atoms with Crippen molar-refractivity contribution in [1.82, 2.24) is 19.9 Å². The lowest BCUT2D eigenvalue weighted by molar-refractivity contribution is -0.142. The first-order valence-corrected chi connectivity index (χ1v) is 10.5. The SMILES string of the molecule is Cc1cc2nc(C(F)(F)F)c(=O)n([C@@H](C)C(=O)NCCc3c[nH]c4ccccc34)c2cc1C. The molecule has 6 nitrogen and oxygen atoms in total. The van der Waals surface area contributed by atoms with Crippen LogP contribution in [0.2, 0.25) is 0 Å². The van der Waals surface area contributed by atoms with E-state index in [1.54, 1.807) is 19.9 Å². The van der Waals surface area contributed by atoms with Gasteiger partial charge in [-0.1, -0.05) is 18.2 Å². The highest BCUT2D eigenvalue weighted by atomic mass is 19.4. The molecule has 0 bridgehead atoms. The second kappa shape index (κ2) is 8.38. The number of halogens is 3. The van der Waals surface area contributed by atoms with Gasteiger partial charge >= 0.3 is 6.18 Å². The van der Waals surface area contributed by atoms with Crippen molar-refractivity contribution in [2.75, 3.05) is 6.54 Å². The van der Waals surface area contributed by atoms with E-state index in [2.05, 4.69) is 15.3 Å². The molecule has 2 aromatic heterocycles. The number of nitrogens with one attached hydrogen (secondary N) is 2. The van der Waals surface area contributed by atoms with Gasteiger partial charge in [0.25, 0.3) is 5.56 Å². The van der Waals surface area contributed by atoms with Crippen LogP contribution >= 0.6 is 0 Å². The molecule has 0 aliphatic carbocycles. The summed E-state index contributed by atoms with van der Waals surface area (Å²) in [6.45, 7) is 5.22. The number of nitrogens with zero attached hydrogens (tertiary/aromatic N) is 2. The average Bonchev–Trinajstić information content (AvgIpc) is 3.16. The minimum atomic E-state index is -4.93. The number of para-hydroxylation sites is 1. The number of rotatable bonds is 5. The van der Waals surface area contributed by atoms with Crippen molar-refractivity contribution in [2.45, 2.75) is 39.4 Å². The zero-order valence-corrected chi connectivity index (χ0v) is 18.4. The molecule has 0 spiro atoms. The monoisotopic (exact) mass is 456 g/mol. The molecule has 0 saturated heterocycles. The number of benzene rings is 2. The molecular formula is C24H23F3N4O2. The number of fused-ring (bicyclic) bond motifs is 2. The number of aromatic amines is 1. The van der Waals surface area contributed by atoms with Crippen LogP contribution in [-0.2, 0) is 17.4 Å². The second-order valence-electron chi connectivity index (χ2n) is 8.14. The molecule has 0 saturated carbocycles. The fraction of sp³-hybridized carbons (Fsp3) is 0.292. The van der Waals surface area contributed by atoms with Crippen molar-refractivity contribution in [3.63, 3.8) is 0 Å². The van der Waals surface area contributed by atoms with Gasteiger partial charge in [-0.25, -0.2) is 4.98 Å². The molecule has 0 aliphatic rings. The number of hydrogen-bond acceptors (Lipinski definition) is 3. The molecule has 0 radical (unpaired) electrons. The lowest BCUT2D eigenvalue weighted by atomic mass is 10.1. The Labute approximate surface area is 187 Å². The van der Waals surface area contributed by atoms with Crippen molar-refractivity contribution in [3.8, 4) is 0 Å². The first kappa shape index (κ1) is 22.6. The van der Waals surface area contributed by atoms with Gasteiger partial charge in [0.15, 0.2) is 0 Å². The molecule has 172 valence electrons. The van der Waals surface area contributed by atoms with Crippen molar-refractivity contribution < 1.29 is 18.0 Å². The van der Waals surface area contributed by atoms with Gasteiger partial charge in [0.2, 0.25) is 11.6 Å². The van der Waals surface area contributed by atoms with E-state index < -0.39 is 29.4 Å². The van der Waals surface area contributed by atoms with Crippen LogP contribution < -0.4 is 10.9 Å². The van der Waals surface area contributed by atoms with Crippen molar-refractivity contribution >= 4 is 27.8 Å². The predicted molar refractivity (Wildman–Crippen MR) is 120 cm³/mol. The molecule has 4 aromatic rings. The normalized spacial score (nSPS) is 12.9. The fourth-order valence-electron chi connectivity index (χ4n) is 3.95. The maximum absolute atomic E-state index is 13.5. The van der Waals surface area contributed by atoms with E-state index in [-0.39, 0.29) is 17.6 Å². The molecule has 2 aromatic carbocycles. The highest BCUT2D eigenvalue weighted by Crippen LogP contribution is 2.28. The smallest absolute Gasteiger partial charge is 0.361 e. The summed E-state index contributed by atoms with van der Waals surface area (Å²) in [5, 5.41) is 3.78. The van der Waals surface area contributed by atoms with Gasteiger partial charge in [-0.15, -0.1) is 0 Å². The maximum atomic E-state index is 13.5. The molecule has 0 fully saturated rings. The Hall–Kier alpha value is -3.62. The Morgan fingerprint density at radius 2 is 1.88 bits per heavy atom. The molecule has 33 heavy (non-hydrogen) atoms. The minimum absolute atomic E-state index is 0.0171. The topological polar surface area (TPSA) is 79.8 Å². The second-order valence-corrected chi connectivity index (χ2v) is 8.14. The third-order valence-corrected chi connectivity index (χ3v) is 5.91. The van der Waals surface area contributed by atoms with E-state index in [9.17, 15) is 22.8 Å². The van der Waals surface area contributed by atoms with Gasteiger partial charge in [0, 0.05) is 23.6 Å². The molecule has 0 unspecified atom stereocenters. The quantitative estimate of drug-likeness (QED) is 0.466. The summed E-state index contributed by atoms with van der Waals surface area (Å²) in [5.74, 6) is -0.546. The summed E-state index contributed by atoms with van der Waals surface area (Å²) in [4.78, 5) is 32.4. The maximum Gasteiger partial charge on any atom is 0.438 e. The first-order chi connectivity index (χ1) is 15.6. The highest BCUT2D eigenvalue weighted by molar-refractivity contribution is 5.85. The average molecular weight is 456 g/mol. The summed E-state index contributed by atoms with van der Waals surface area (Å²) in [6, 6.07) is 9.69. The number of carbonyl (C=O) groups excluding carboxylic acids is 1. The number of amides is 1. The Morgan fingerprint density at radius 1 is 1.18 bits per heavy atom. The fourth-order valence-corrected chi connectivity index (χ4v) is 3.95. The van der Waals surface area contributed by atoms with Crippen LogP contribution in [0.4, 0.5) is 13.2 Å². The van der Waals surface area contributed by atoms with Crippen molar-refractivity contribution in [3.05, 3.63) is 75.3 Å². The Bertz CT molecular complexity index is 1420. The van der Waals surface area contributed by atoms with Crippen LogP contribution in [-0.4, -0.2) is 27.0 Å². The van der Waals surface area contributed by atoms with Gasteiger partial charge in [-0.3, -0.25) is 14.2 Å². The molecule has 4 rings (SSSR count). The summed E-state index contributed by atoms with van der Waals surface area (Å²) in [7, 11) is 0. The minimum Gasteiger partial charge on any atom is -0.361 e. The standard InChI is InChI=1S/C24H23F3N4O2/c1-13-10-19-20(11-14(13)2)31(23(33)21(30-19)24(25,26)27)15(3)22(32)28-9-8-16-12-29-18-7-5-4-6-17(16)18/h4-7,10-12,15,29H,8-9H2,1-3H3,(H,28,32)/t15-/m0/s1. The Morgan fingerprint density at radius 3 is 2.61 bits per heavy atom. The van der Waals surface area contributed by atoms with E-state index in [0.29, 0.717) is 6.42 Å². The number of aryl methyl sites for hydroxylation is 2. The van der Waals surface area contributed by atoms with Crippen LogP contribution in [0.5, 0.6) is 0 Å². The zero-order valence-electron chi connectivity index (χ0n) is 18.4. The van der Waals surface area contributed by atoms with Gasteiger partial charge in [0.1, 0.15) is 6.04 Å². The van der Waals surface area contributed by atoms with Crippen LogP contribution in [0.25, 0.3) is 21.9 Å². The van der Waals surface area contributed by atoms with Gasteiger partial charge in [-0.05, 0) is 62.1 Å². The third-order valence-electron chi connectivity index (χ3n) is 5.91. The predicted octanol–water partition coefficient (Wildman–Crippen LogP) is 4.43. The highest BCUT2D eigenvalue weighted by Gasteiger charge is 2.38. The molecular weight excluding hydrogens is 433 g/mol.